The molecule has 0 saturated heterocycles. The fourth-order valence-corrected chi connectivity index (χ4v) is 3.13. The second-order valence-corrected chi connectivity index (χ2v) is 5.60. The molecule has 0 unspecified atom stereocenters. The first-order valence-corrected chi connectivity index (χ1v) is 7.22. The van der Waals surface area contributed by atoms with Crippen molar-refractivity contribution in [3.05, 3.63) is 46.3 Å². The molecule has 0 saturated carbocycles. The number of methoxy groups -OCH3 is 1. The number of hydrogen-bond donors (Lipinski definition) is 1. The highest BCUT2D eigenvalue weighted by Crippen LogP contribution is 2.32. The van der Waals surface area contributed by atoms with Gasteiger partial charge in [0.25, 0.3) is 0 Å². The molecule has 0 radical (unpaired) electrons. The van der Waals surface area contributed by atoms with Crippen LogP contribution in [0.15, 0.2) is 44.3 Å². The third-order valence-corrected chi connectivity index (χ3v) is 4.46. The Balaban J connectivity index is 2.10. The van der Waals surface area contributed by atoms with Crippen molar-refractivity contribution in [3.8, 4) is 0 Å². The first-order chi connectivity index (χ1) is 9.11. The molecule has 2 aromatic rings. The molecule has 1 aromatic heterocycles. The summed E-state index contributed by atoms with van der Waals surface area (Å²) in [5.74, 6) is 0.751. The molecule has 0 fully saturated rings. The Bertz CT molecular complexity index is 597. The van der Waals surface area contributed by atoms with Crippen LogP contribution in [0.1, 0.15) is 16.1 Å². The zero-order chi connectivity index (χ0) is 13.8. The van der Waals surface area contributed by atoms with Gasteiger partial charge >= 0.3 is 5.97 Å². The third kappa shape index (κ3) is 3.33. The van der Waals surface area contributed by atoms with Crippen LogP contribution in [0.25, 0.3) is 0 Å². The summed E-state index contributed by atoms with van der Waals surface area (Å²) in [5.41, 5.74) is 6.84. The Morgan fingerprint density at radius 2 is 2.26 bits per heavy atom. The van der Waals surface area contributed by atoms with E-state index in [0.717, 1.165) is 9.37 Å². The third-order valence-electron chi connectivity index (χ3n) is 2.47. The average Bonchev–Trinajstić information content (AvgIpc) is 2.85. The van der Waals surface area contributed by atoms with E-state index in [9.17, 15) is 4.79 Å². The summed E-state index contributed by atoms with van der Waals surface area (Å²) in [4.78, 5) is 12.5. The lowest BCUT2D eigenvalue weighted by Crippen LogP contribution is -2.02. The molecule has 0 bridgehead atoms. The molecule has 1 aromatic carbocycles. The Labute approximate surface area is 123 Å². The van der Waals surface area contributed by atoms with Crippen LogP contribution in [0.3, 0.4) is 0 Å². The number of thioether (sulfide) groups is 1. The Kier molecular flexibility index (Phi) is 4.55. The molecule has 100 valence electrons. The van der Waals surface area contributed by atoms with Gasteiger partial charge in [-0.3, -0.25) is 0 Å². The highest BCUT2D eigenvalue weighted by Gasteiger charge is 2.15. The number of benzene rings is 1. The number of anilines is 1. The topological polar surface area (TPSA) is 65.5 Å². The van der Waals surface area contributed by atoms with Crippen molar-refractivity contribution in [3.63, 3.8) is 0 Å². The number of carbonyl (C=O) groups is 1. The standard InChI is InChI=1S/C13H12BrNO3S/c1-17-13(16)9-4-5-18-11(9)7-19-12-3-2-8(15)6-10(12)14/h2-6H,7,15H2,1H3. The number of hydrogen-bond acceptors (Lipinski definition) is 5. The minimum Gasteiger partial charge on any atom is -0.468 e. The summed E-state index contributed by atoms with van der Waals surface area (Å²) < 4.78 is 10.9. The number of esters is 1. The molecule has 2 rings (SSSR count). The van der Waals surface area contributed by atoms with Gasteiger partial charge in [0.15, 0.2) is 0 Å². The van der Waals surface area contributed by atoms with Crippen LogP contribution in [-0.2, 0) is 10.5 Å². The maximum absolute atomic E-state index is 11.5. The van der Waals surface area contributed by atoms with Gasteiger partial charge in [-0.05, 0) is 40.2 Å². The monoisotopic (exact) mass is 341 g/mol. The predicted octanol–water partition coefficient (Wildman–Crippen LogP) is 3.70. The van der Waals surface area contributed by atoms with Gasteiger partial charge in [0.1, 0.15) is 11.3 Å². The maximum atomic E-state index is 11.5. The highest BCUT2D eigenvalue weighted by atomic mass is 79.9. The average molecular weight is 342 g/mol. The summed E-state index contributed by atoms with van der Waals surface area (Å²) in [7, 11) is 1.35. The van der Waals surface area contributed by atoms with E-state index in [-0.39, 0.29) is 5.97 Å². The molecule has 0 aliphatic rings. The van der Waals surface area contributed by atoms with E-state index in [1.54, 1.807) is 17.8 Å². The van der Waals surface area contributed by atoms with Crippen LogP contribution in [0.4, 0.5) is 5.69 Å². The lowest BCUT2D eigenvalue weighted by molar-refractivity contribution is 0.0598. The summed E-state index contributed by atoms with van der Waals surface area (Å²) in [6, 6.07) is 7.20. The van der Waals surface area contributed by atoms with E-state index < -0.39 is 0 Å². The van der Waals surface area contributed by atoms with Crippen LogP contribution in [0, 0.1) is 0 Å². The smallest absolute Gasteiger partial charge is 0.341 e. The number of carbonyl (C=O) groups excluding carboxylic acids is 1. The van der Waals surface area contributed by atoms with Crippen molar-refractivity contribution in [2.75, 3.05) is 12.8 Å². The van der Waals surface area contributed by atoms with Crippen molar-refractivity contribution >= 4 is 39.3 Å². The number of furan rings is 1. The van der Waals surface area contributed by atoms with Crippen molar-refractivity contribution in [2.24, 2.45) is 0 Å². The first-order valence-electron chi connectivity index (χ1n) is 5.44. The molecular formula is C13H12BrNO3S. The van der Waals surface area contributed by atoms with E-state index in [1.807, 2.05) is 18.2 Å². The quantitative estimate of drug-likeness (QED) is 0.521. The van der Waals surface area contributed by atoms with Gasteiger partial charge in [-0.15, -0.1) is 11.8 Å². The molecular weight excluding hydrogens is 330 g/mol. The van der Waals surface area contributed by atoms with Crippen molar-refractivity contribution in [1.29, 1.82) is 0 Å². The molecule has 6 heteroatoms. The van der Waals surface area contributed by atoms with Gasteiger partial charge in [0, 0.05) is 15.1 Å². The summed E-state index contributed by atoms with van der Waals surface area (Å²) >= 11 is 5.00. The fraction of sp³-hybridized carbons (Fsp3) is 0.154. The molecule has 0 amide bonds. The summed E-state index contributed by atoms with van der Waals surface area (Å²) in [5, 5.41) is 0. The van der Waals surface area contributed by atoms with E-state index in [0.29, 0.717) is 22.8 Å². The van der Waals surface area contributed by atoms with Crippen LogP contribution < -0.4 is 5.73 Å². The van der Waals surface area contributed by atoms with Gasteiger partial charge in [-0.2, -0.15) is 0 Å². The largest absolute Gasteiger partial charge is 0.468 e. The Hall–Kier alpha value is -1.40. The minimum absolute atomic E-state index is 0.388. The normalized spacial score (nSPS) is 10.4. The first kappa shape index (κ1) is 14.0. The predicted molar refractivity (Wildman–Crippen MR) is 78.2 cm³/mol. The number of ether oxygens (including phenoxy) is 1. The fourth-order valence-electron chi connectivity index (χ4n) is 1.52. The maximum Gasteiger partial charge on any atom is 0.341 e. The molecule has 4 nitrogen and oxygen atoms in total. The van der Waals surface area contributed by atoms with Gasteiger partial charge < -0.3 is 14.9 Å². The number of rotatable bonds is 4. The lowest BCUT2D eigenvalue weighted by Gasteiger charge is -2.05. The zero-order valence-electron chi connectivity index (χ0n) is 10.2. The van der Waals surface area contributed by atoms with Crippen molar-refractivity contribution < 1.29 is 13.9 Å². The minimum atomic E-state index is -0.388. The van der Waals surface area contributed by atoms with Gasteiger partial charge in [0.05, 0.1) is 19.1 Å². The Morgan fingerprint density at radius 3 is 2.95 bits per heavy atom. The van der Waals surface area contributed by atoms with Crippen LogP contribution >= 0.6 is 27.7 Å². The molecule has 0 aliphatic carbocycles. The van der Waals surface area contributed by atoms with Crippen LogP contribution in [0.2, 0.25) is 0 Å². The van der Waals surface area contributed by atoms with Crippen molar-refractivity contribution in [2.45, 2.75) is 10.6 Å². The molecule has 1 heterocycles. The SMILES string of the molecule is COC(=O)c1ccoc1CSc1ccc(N)cc1Br. The lowest BCUT2D eigenvalue weighted by atomic mass is 10.3. The number of nitrogens with two attached hydrogens (primary N) is 1. The number of nitrogen functional groups attached to an aromatic ring is 1. The van der Waals surface area contributed by atoms with E-state index in [1.165, 1.54) is 13.4 Å². The Morgan fingerprint density at radius 1 is 1.47 bits per heavy atom. The van der Waals surface area contributed by atoms with E-state index in [4.69, 9.17) is 14.9 Å². The molecule has 0 atom stereocenters. The van der Waals surface area contributed by atoms with Crippen LogP contribution in [0.5, 0.6) is 0 Å². The summed E-state index contributed by atoms with van der Waals surface area (Å²) in [6.45, 7) is 0. The molecule has 0 aliphatic heterocycles. The van der Waals surface area contributed by atoms with E-state index in [2.05, 4.69) is 15.9 Å². The van der Waals surface area contributed by atoms with Gasteiger partial charge in [-0.1, -0.05) is 0 Å². The van der Waals surface area contributed by atoms with E-state index >= 15 is 0 Å². The molecule has 2 N–H and O–H groups in total. The number of halogens is 1. The second kappa shape index (κ2) is 6.16. The zero-order valence-corrected chi connectivity index (χ0v) is 12.6. The van der Waals surface area contributed by atoms with Gasteiger partial charge in [0.2, 0.25) is 0 Å². The van der Waals surface area contributed by atoms with Crippen LogP contribution in [-0.4, -0.2) is 13.1 Å². The highest BCUT2D eigenvalue weighted by molar-refractivity contribution is 9.10. The summed E-state index contributed by atoms with van der Waals surface area (Å²) in [6.07, 6.45) is 1.49. The molecule has 19 heavy (non-hydrogen) atoms. The van der Waals surface area contributed by atoms with Crippen molar-refractivity contribution in [1.82, 2.24) is 0 Å². The second-order valence-electron chi connectivity index (χ2n) is 3.73. The molecule has 0 spiro atoms. The van der Waals surface area contributed by atoms with Gasteiger partial charge in [-0.25, -0.2) is 4.79 Å².